The highest BCUT2D eigenvalue weighted by atomic mass is 79.9. The molecular weight excluding hydrogens is 479 g/mol. The molecular formula is C14H12Br2F3NO5. The molecule has 0 radical (unpaired) electrons. The maximum absolute atomic E-state index is 11.5. The van der Waals surface area contributed by atoms with Crippen molar-refractivity contribution < 1.29 is 32.2 Å². The predicted octanol–water partition coefficient (Wildman–Crippen LogP) is 3.68. The number of fused-ring (bicyclic) bond motifs is 1. The van der Waals surface area contributed by atoms with Crippen LogP contribution in [0.4, 0.5) is 13.2 Å². The van der Waals surface area contributed by atoms with Gasteiger partial charge in [-0.05, 0) is 41.0 Å². The molecule has 0 atom stereocenters. The summed E-state index contributed by atoms with van der Waals surface area (Å²) in [6.45, 7) is 1.02. The van der Waals surface area contributed by atoms with Gasteiger partial charge in [0, 0.05) is 4.47 Å². The molecule has 2 rings (SSSR count). The Labute approximate surface area is 156 Å². The zero-order valence-corrected chi connectivity index (χ0v) is 15.6. The topological polar surface area (TPSA) is 103 Å². The standard InChI is InChI=1S/C12H11Br2NO3.C2HF3O2/c13-7-4-8-10(17-3-1-2-15)6-11(16)18-12(8)9(14)5-7;3-2(4,5)1(6)7/h4-6H,1-3,15H2;(H,6,7). The number of alkyl halides is 3. The van der Waals surface area contributed by atoms with Gasteiger partial charge < -0.3 is 20.0 Å². The molecule has 0 amide bonds. The molecule has 0 fully saturated rings. The molecule has 1 aromatic carbocycles. The van der Waals surface area contributed by atoms with Gasteiger partial charge in [-0.1, -0.05) is 15.9 Å². The lowest BCUT2D eigenvalue weighted by Crippen LogP contribution is -2.21. The normalized spacial score (nSPS) is 11.0. The van der Waals surface area contributed by atoms with Crippen molar-refractivity contribution >= 4 is 48.8 Å². The molecule has 0 bridgehead atoms. The number of carboxylic acid groups (broad SMARTS) is 1. The molecule has 1 heterocycles. The molecule has 11 heteroatoms. The van der Waals surface area contributed by atoms with E-state index in [1.807, 2.05) is 12.1 Å². The number of carbonyl (C=O) groups is 1. The molecule has 6 nitrogen and oxygen atoms in total. The Hall–Kier alpha value is -1.59. The average Bonchev–Trinajstić information content (AvgIpc) is 2.48. The quantitative estimate of drug-likeness (QED) is 0.500. The van der Waals surface area contributed by atoms with Crippen LogP contribution in [0, 0.1) is 0 Å². The Morgan fingerprint density at radius 1 is 1.28 bits per heavy atom. The largest absolute Gasteiger partial charge is 0.492 e. The Kier molecular flexibility index (Phi) is 7.90. The first-order chi connectivity index (χ1) is 11.6. The minimum Gasteiger partial charge on any atom is -0.492 e. The summed E-state index contributed by atoms with van der Waals surface area (Å²) in [7, 11) is 0. The van der Waals surface area contributed by atoms with Gasteiger partial charge >= 0.3 is 17.8 Å². The minimum absolute atomic E-state index is 0.437. The molecule has 0 aliphatic carbocycles. The highest BCUT2D eigenvalue weighted by Crippen LogP contribution is 2.32. The molecule has 0 saturated heterocycles. The first kappa shape index (κ1) is 21.5. The number of nitrogens with two attached hydrogens (primary N) is 1. The lowest BCUT2D eigenvalue weighted by Gasteiger charge is -2.09. The molecule has 0 aliphatic rings. The van der Waals surface area contributed by atoms with Gasteiger partial charge in [0.05, 0.1) is 22.5 Å². The molecule has 138 valence electrons. The number of carboxylic acids is 1. The van der Waals surface area contributed by atoms with Crippen molar-refractivity contribution in [2.75, 3.05) is 13.2 Å². The van der Waals surface area contributed by atoms with Gasteiger partial charge in [0.25, 0.3) is 0 Å². The molecule has 3 N–H and O–H groups in total. The highest BCUT2D eigenvalue weighted by Gasteiger charge is 2.38. The fourth-order valence-electron chi connectivity index (χ4n) is 1.55. The van der Waals surface area contributed by atoms with Crippen LogP contribution in [0.2, 0.25) is 0 Å². The Balaban J connectivity index is 0.000000381. The van der Waals surface area contributed by atoms with E-state index < -0.39 is 17.8 Å². The minimum atomic E-state index is -5.08. The summed E-state index contributed by atoms with van der Waals surface area (Å²) in [6.07, 6.45) is -4.35. The number of hydrogen-bond acceptors (Lipinski definition) is 5. The van der Waals surface area contributed by atoms with Crippen molar-refractivity contribution in [1.29, 1.82) is 0 Å². The molecule has 2 aromatic rings. The number of ether oxygens (including phenoxy) is 1. The Morgan fingerprint density at radius 2 is 1.88 bits per heavy atom. The Bertz CT molecular complexity index is 807. The van der Waals surface area contributed by atoms with Crippen LogP contribution in [-0.2, 0) is 4.79 Å². The van der Waals surface area contributed by atoms with Crippen molar-refractivity contribution in [2.24, 2.45) is 5.73 Å². The highest BCUT2D eigenvalue weighted by molar-refractivity contribution is 9.11. The van der Waals surface area contributed by atoms with Gasteiger partial charge in [0.1, 0.15) is 5.75 Å². The van der Waals surface area contributed by atoms with Gasteiger partial charge in [-0.2, -0.15) is 13.2 Å². The predicted molar refractivity (Wildman–Crippen MR) is 90.7 cm³/mol. The third-order valence-corrected chi connectivity index (χ3v) is 3.62. The van der Waals surface area contributed by atoms with Gasteiger partial charge in [-0.3, -0.25) is 0 Å². The van der Waals surface area contributed by atoms with Gasteiger partial charge in [-0.15, -0.1) is 0 Å². The van der Waals surface area contributed by atoms with Crippen molar-refractivity contribution in [2.45, 2.75) is 12.6 Å². The fourth-order valence-corrected chi connectivity index (χ4v) is 2.85. The van der Waals surface area contributed by atoms with E-state index in [1.54, 1.807) is 0 Å². The van der Waals surface area contributed by atoms with Gasteiger partial charge in [0.2, 0.25) is 0 Å². The van der Waals surface area contributed by atoms with Gasteiger partial charge in [-0.25, -0.2) is 9.59 Å². The summed E-state index contributed by atoms with van der Waals surface area (Å²) in [6, 6.07) is 5.01. The van der Waals surface area contributed by atoms with E-state index in [-0.39, 0.29) is 0 Å². The first-order valence-corrected chi connectivity index (χ1v) is 8.20. The number of rotatable bonds is 4. The lowest BCUT2D eigenvalue weighted by molar-refractivity contribution is -0.192. The molecule has 0 saturated carbocycles. The van der Waals surface area contributed by atoms with Crippen LogP contribution in [0.15, 0.2) is 36.4 Å². The number of halogens is 5. The maximum atomic E-state index is 11.5. The van der Waals surface area contributed by atoms with Crippen LogP contribution < -0.4 is 16.1 Å². The summed E-state index contributed by atoms with van der Waals surface area (Å²) >= 11 is 6.75. The van der Waals surface area contributed by atoms with E-state index in [9.17, 15) is 18.0 Å². The Morgan fingerprint density at radius 3 is 2.40 bits per heavy atom. The zero-order chi connectivity index (χ0) is 19.2. The molecule has 1 aromatic heterocycles. The second-order valence-corrected chi connectivity index (χ2v) is 6.26. The first-order valence-electron chi connectivity index (χ1n) is 6.62. The van der Waals surface area contributed by atoms with E-state index in [4.69, 9.17) is 24.8 Å². The fraction of sp³-hybridized carbons (Fsp3) is 0.286. The van der Waals surface area contributed by atoms with Crippen molar-refractivity contribution in [1.82, 2.24) is 0 Å². The smallest absolute Gasteiger partial charge is 0.490 e. The second-order valence-electron chi connectivity index (χ2n) is 4.49. The lowest BCUT2D eigenvalue weighted by atomic mass is 10.2. The maximum Gasteiger partial charge on any atom is 0.490 e. The molecule has 0 aliphatic heterocycles. The monoisotopic (exact) mass is 489 g/mol. The second kappa shape index (κ2) is 9.20. The number of hydrogen-bond donors (Lipinski definition) is 2. The van der Waals surface area contributed by atoms with E-state index >= 15 is 0 Å². The van der Waals surface area contributed by atoms with Crippen molar-refractivity contribution in [3.8, 4) is 5.75 Å². The van der Waals surface area contributed by atoms with Crippen molar-refractivity contribution in [3.63, 3.8) is 0 Å². The van der Waals surface area contributed by atoms with Crippen LogP contribution in [0.3, 0.4) is 0 Å². The number of aliphatic carboxylic acids is 1. The van der Waals surface area contributed by atoms with E-state index in [0.29, 0.717) is 29.0 Å². The SMILES string of the molecule is NCCCOc1cc(=O)oc2c(Br)cc(Br)cc12.O=C(O)C(F)(F)F. The van der Waals surface area contributed by atoms with Crippen LogP contribution in [-0.4, -0.2) is 30.4 Å². The average molecular weight is 491 g/mol. The third kappa shape index (κ3) is 6.67. The molecule has 0 spiro atoms. The molecule has 0 unspecified atom stereocenters. The molecule has 25 heavy (non-hydrogen) atoms. The summed E-state index contributed by atoms with van der Waals surface area (Å²) in [5, 5.41) is 7.87. The summed E-state index contributed by atoms with van der Waals surface area (Å²) in [5.41, 5.74) is 5.45. The van der Waals surface area contributed by atoms with Gasteiger partial charge in [0.15, 0.2) is 5.58 Å². The van der Waals surface area contributed by atoms with Crippen molar-refractivity contribution in [3.05, 3.63) is 37.6 Å². The van der Waals surface area contributed by atoms with E-state index in [2.05, 4.69) is 31.9 Å². The summed E-state index contributed by atoms with van der Waals surface area (Å²) < 4.78 is 44.0. The summed E-state index contributed by atoms with van der Waals surface area (Å²) in [4.78, 5) is 20.4. The van der Waals surface area contributed by atoms with Crippen LogP contribution >= 0.6 is 31.9 Å². The summed E-state index contributed by atoms with van der Waals surface area (Å²) in [5.74, 6) is -2.25. The van der Waals surface area contributed by atoms with E-state index in [1.165, 1.54) is 6.07 Å². The van der Waals surface area contributed by atoms with Crippen LogP contribution in [0.1, 0.15) is 6.42 Å². The third-order valence-electron chi connectivity index (χ3n) is 2.57. The van der Waals surface area contributed by atoms with E-state index in [0.717, 1.165) is 16.3 Å². The zero-order valence-electron chi connectivity index (χ0n) is 12.4. The van der Waals surface area contributed by atoms with Crippen LogP contribution in [0.25, 0.3) is 11.0 Å². The van der Waals surface area contributed by atoms with Crippen LogP contribution in [0.5, 0.6) is 5.75 Å². The number of benzene rings is 1.